The van der Waals surface area contributed by atoms with Gasteiger partial charge in [-0.05, 0) is 46.2 Å². The second kappa shape index (κ2) is 10.1. The Balaban J connectivity index is 1.22. The van der Waals surface area contributed by atoms with Gasteiger partial charge in [0.25, 0.3) is 11.6 Å². The summed E-state index contributed by atoms with van der Waals surface area (Å²) in [7, 11) is 0. The topological polar surface area (TPSA) is 99.3 Å². The van der Waals surface area contributed by atoms with Crippen LogP contribution in [0.3, 0.4) is 0 Å². The third-order valence-corrected chi connectivity index (χ3v) is 5.75. The van der Waals surface area contributed by atoms with Crippen molar-refractivity contribution >= 4 is 28.1 Å². The van der Waals surface area contributed by atoms with Crippen molar-refractivity contribution in [3.8, 4) is 5.75 Å². The normalized spacial score (nSPS) is 10.8. The van der Waals surface area contributed by atoms with Crippen LogP contribution in [0.2, 0.25) is 0 Å². The maximum atomic E-state index is 12.8. The van der Waals surface area contributed by atoms with E-state index in [-0.39, 0.29) is 18.2 Å². The minimum atomic E-state index is -0.459. The molecule has 5 rings (SSSR count). The summed E-state index contributed by atoms with van der Waals surface area (Å²) in [4.78, 5) is 23.1. The Hall–Kier alpha value is -4.98. The Labute approximate surface area is 206 Å². The standard InChI is InChI=1S/C28H22N4O4/c33-28(22-8-3-5-20(15-22)19-36-26-13-11-25(12-14-26)32(34)35)30-24-16-29-31(18-24)17-23-9-4-7-21-6-1-2-10-27(21)23/h1-16,18H,17,19H2,(H,30,33). The fourth-order valence-electron chi connectivity index (χ4n) is 3.96. The minimum Gasteiger partial charge on any atom is -0.489 e. The predicted molar refractivity (Wildman–Crippen MR) is 137 cm³/mol. The Morgan fingerprint density at radius 2 is 1.75 bits per heavy atom. The number of rotatable bonds is 8. The number of aromatic nitrogens is 2. The van der Waals surface area contributed by atoms with Gasteiger partial charge in [-0.2, -0.15) is 5.10 Å². The van der Waals surface area contributed by atoms with E-state index in [2.05, 4.69) is 34.7 Å². The molecule has 1 aromatic heterocycles. The molecular formula is C28H22N4O4. The fraction of sp³-hybridized carbons (Fsp3) is 0.0714. The highest BCUT2D eigenvalue weighted by Gasteiger charge is 2.10. The Kier molecular flexibility index (Phi) is 6.40. The van der Waals surface area contributed by atoms with Crippen LogP contribution in [0.15, 0.2) is 103 Å². The van der Waals surface area contributed by atoms with Gasteiger partial charge in [0.2, 0.25) is 0 Å². The van der Waals surface area contributed by atoms with E-state index in [0.29, 0.717) is 23.5 Å². The van der Waals surface area contributed by atoms with Crippen molar-refractivity contribution in [2.45, 2.75) is 13.2 Å². The number of amides is 1. The van der Waals surface area contributed by atoms with E-state index in [1.807, 2.05) is 24.3 Å². The molecule has 0 atom stereocenters. The van der Waals surface area contributed by atoms with Crippen molar-refractivity contribution in [1.29, 1.82) is 0 Å². The van der Waals surface area contributed by atoms with Crippen LogP contribution in [-0.2, 0) is 13.2 Å². The summed E-state index contributed by atoms with van der Waals surface area (Å²) in [5.74, 6) is 0.256. The first-order valence-electron chi connectivity index (χ1n) is 11.3. The van der Waals surface area contributed by atoms with Gasteiger partial charge < -0.3 is 10.1 Å². The highest BCUT2D eigenvalue weighted by Crippen LogP contribution is 2.21. The van der Waals surface area contributed by atoms with Crippen LogP contribution in [0.5, 0.6) is 5.75 Å². The van der Waals surface area contributed by atoms with Crippen molar-refractivity contribution in [3.05, 3.63) is 130 Å². The van der Waals surface area contributed by atoms with Gasteiger partial charge in [0.1, 0.15) is 12.4 Å². The fourth-order valence-corrected chi connectivity index (χ4v) is 3.96. The number of nitrogens with zero attached hydrogens (tertiary/aromatic N) is 3. The van der Waals surface area contributed by atoms with Crippen molar-refractivity contribution in [3.63, 3.8) is 0 Å². The van der Waals surface area contributed by atoms with Crippen molar-refractivity contribution in [1.82, 2.24) is 9.78 Å². The van der Waals surface area contributed by atoms with Gasteiger partial charge in [-0.3, -0.25) is 19.6 Å². The SMILES string of the molecule is O=C(Nc1cnn(Cc2cccc3ccccc23)c1)c1cccc(COc2ccc([N+](=O)[O-])cc2)c1. The van der Waals surface area contributed by atoms with Crippen LogP contribution >= 0.6 is 0 Å². The second-order valence-corrected chi connectivity index (χ2v) is 8.26. The van der Waals surface area contributed by atoms with E-state index >= 15 is 0 Å². The van der Waals surface area contributed by atoms with E-state index in [1.54, 1.807) is 47.4 Å². The van der Waals surface area contributed by atoms with Gasteiger partial charge in [0.15, 0.2) is 0 Å². The second-order valence-electron chi connectivity index (χ2n) is 8.26. The number of hydrogen-bond acceptors (Lipinski definition) is 5. The molecule has 0 aliphatic carbocycles. The summed E-state index contributed by atoms with van der Waals surface area (Å²) >= 11 is 0. The van der Waals surface area contributed by atoms with Gasteiger partial charge in [-0.25, -0.2) is 0 Å². The molecule has 178 valence electrons. The number of nitro groups is 1. The average molecular weight is 479 g/mol. The van der Waals surface area contributed by atoms with Crippen LogP contribution < -0.4 is 10.1 Å². The molecule has 8 nitrogen and oxygen atoms in total. The molecule has 5 aromatic rings. The highest BCUT2D eigenvalue weighted by atomic mass is 16.6. The number of ether oxygens (including phenoxy) is 1. The summed E-state index contributed by atoms with van der Waals surface area (Å²) in [5, 5.41) is 20.4. The molecule has 0 aliphatic heterocycles. The van der Waals surface area contributed by atoms with Crippen LogP contribution in [0.25, 0.3) is 10.8 Å². The summed E-state index contributed by atoms with van der Waals surface area (Å²) in [6.45, 7) is 0.814. The predicted octanol–water partition coefficient (Wildman–Crippen LogP) is 5.82. The van der Waals surface area contributed by atoms with E-state index < -0.39 is 4.92 Å². The van der Waals surface area contributed by atoms with Crippen LogP contribution in [0.1, 0.15) is 21.5 Å². The van der Waals surface area contributed by atoms with E-state index in [4.69, 9.17) is 4.74 Å². The third kappa shape index (κ3) is 5.23. The summed E-state index contributed by atoms with van der Waals surface area (Å²) < 4.78 is 7.50. The van der Waals surface area contributed by atoms with Gasteiger partial charge in [0.05, 0.1) is 23.4 Å². The number of anilines is 1. The monoisotopic (exact) mass is 478 g/mol. The van der Waals surface area contributed by atoms with Gasteiger partial charge in [-0.1, -0.05) is 54.6 Å². The molecule has 0 saturated heterocycles. The molecule has 0 spiro atoms. The third-order valence-electron chi connectivity index (χ3n) is 5.75. The molecule has 0 bridgehead atoms. The molecular weight excluding hydrogens is 456 g/mol. The minimum absolute atomic E-state index is 0.00135. The van der Waals surface area contributed by atoms with Crippen molar-refractivity contribution in [2.75, 3.05) is 5.32 Å². The Bertz CT molecular complexity index is 1540. The molecule has 0 saturated carbocycles. The first kappa shape index (κ1) is 22.8. The maximum Gasteiger partial charge on any atom is 0.269 e. The Morgan fingerprint density at radius 1 is 0.972 bits per heavy atom. The lowest BCUT2D eigenvalue weighted by atomic mass is 10.0. The van der Waals surface area contributed by atoms with Gasteiger partial charge in [0, 0.05) is 23.9 Å². The molecule has 0 fully saturated rings. The number of carbonyl (C=O) groups is 1. The molecule has 0 radical (unpaired) electrons. The van der Waals surface area contributed by atoms with Crippen LogP contribution in [0.4, 0.5) is 11.4 Å². The summed E-state index contributed by atoms with van der Waals surface area (Å²) in [6, 6.07) is 27.4. The highest BCUT2D eigenvalue weighted by molar-refractivity contribution is 6.04. The molecule has 1 amide bonds. The number of benzene rings is 4. The number of nitrogens with one attached hydrogen (secondary N) is 1. The largest absolute Gasteiger partial charge is 0.489 e. The number of non-ortho nitro benzene ring substituents is 1. The number of hydrogen-bond donors (Lipinski definition) is 1. The van der Waals surface area contributed by atoms with E-state index in [1.165, 1.54) is 22.9 Å². The average Bonchev–Trinajstić information content (AvgIpc) is 3.34. The summed E-state index contributed by atoms with van der Waals surface area (Å²) in [5.41, 5.74) is 3.04. The lowest BCUT2D eigenvalue weighted by Gasteiger charge is -2.08. The summed E-state index contributed by atoms with van der Waals surface area (Å²) in [6.07, 6.45) is 3.44. The quantitative estimate of drug-likeness (QED) is 0.224. The molecule has 0 aliphatic rings. The zero-order valence-electron chi connectivity index (χ0n) is 19.2. The number of nitro benzene ring substituents is 1. The zero-order chi connectivity index (χ0) is 24.9. The molecule has 1 N–H and O–H groups in total. The number of fused-ring (bicyclic) bond motifs is 1. The molecule has 0 unspecified atom stereocenters. The van der Waals surface area contributed by atoms with Crippen LogP contribution in [-0.4, -0.2) is 20.6 Å². The van der Waals surface area contributed by atoms with Gasteiger partial charge in [-0.15, -0.1) is 0 Å². The lowest BCUT2D eigenvalue weighted by Crippen LogP contribution is -2.12. The van der Waals surface area contributed by atoms with E-state index in [9.17, 15) is 14.9 Å². The molecule has 8 heteroatoms. The molecule has 36 heavy (non-hydrogen) atoms. The first-order valence-corrected chi connectivity index (χ1v) is 11.3. The maximum absolute atomic E-state index is 12.8. The van der Waals surface area contributed by atoms with Crippen LogP contribution in [0, 0.1) is 10.1 Å². The molecule has 4 aromatic carbocycles. The first-order chi connectivity index (χ1) is 17.5. The molecule has 1 heterocycles. The zero-order valence-corrected chi connectivity index (χ0v) is 19.2. The Morgan fingerprint density at radius 3 is 2.58 bits per heavy atom. The smallest absolute Gasteiger partial charge is 0.269 e. The van der Waals surface area contributed by atoms with Crippen molar-refractivity contribution < 1.29 is 14.5 Å². The number of carbonyl (C=O) groups excluding carboxylic acids is 1. The van der Waals surface area contributed by atoms with E-state index in [0.717, 1.165) is 11.1 Å². The van der Waals surface area contributed by atoms with Crippen molar-refractivity contribution in [2.24, 2.45) is 0 Å². The lowest BCUT2D eigenvalue weighted by molar-refractivity contribution is -0.384. The van der Waals surface area contributed by atoms with Gasteiger partial charge >= 0.3 is 0 Å².